The second-order valence-electron chi connectivity index (χ2n) is 4.44. The Kier molecular flexibility index (Phi) is 10.0. The van der Waals surface area contributed by atoms with Crippen molar-refractivity contribution >= 4 is 0 Å². The molecule has 0 aliphatic heterocycles. The first-order valence-corrected chi connectivity index (χ1v) is 6.49. The fourth-order valence-electron chi connectivity index (χ4n) is 1.87. The highest BCUT2D eigenvalue weighted by Gasteiger charge is 2.07. The summed E-state index contributed by atoms with van der Waals surface area (Å²) in [4.78, 5) is 0. The lowest BCUT2D eigenvalue weighted by atomic mass is 9.93. The van der Waals surface area contributed by atoms with E-state index in [1.165, 1.54) is 25.7 Å². The summed E-state index contributed by atoms with van der Waals surface area (Å²) >= 11 is 0. The van der Waals surface area contributed by atoms with Gasteiger partial charge in [0.25, 0.3) is 0 Å². The maximum Gasteiger partial charge on any atom is 0.0200 e. The van der Waals surface area contributed by atoms with Gasteiger partial charge in [-0.2, -0.15) is 0 Å². The lowest BCUT2D eigenvalue weighted by molar-refractivity contribution is 0.470. The fraction of sp³-hybridized carbons (Fsp3) is 0.688. The van der Waals surface area contributed by atoms with E-state index in [0.717, 1.165) is 25.7 Å². The van der Waals surface area contributed by atoms with Crippen LogP contribution in [0.25, 0.3) is 0 Å². The Morgan fingerprint density at radius 3 is 2.00 bits per heavy atom. The van der Waals surface area contributed by atoms with Crippen LogP contribution >= 0.6 is 0 Å². The molecule has 0 saturated heterocycles. The first kappa shape index (κ1) is 15.1. The largest absolute Gasteiger partial charge is 0.120 e. The Hall–Kier alpha value is -0.880. The van der Waals surface area contributed by atoms with Gasteiger partial charge in [-0.1, -0.05) is 39.5 Å². The van der Waals surface area contributed by atoms with E-state index in [2.05, 4.69) is 25.7 Å². The Bertz CT molecular complexity index is 225. The van der Waals surface area contributed by atoms with Crippen LogP contribution in [0.3, 0.4) is 0 Å². The van der Waals surface area contributed by atoms with Crippen LogP contribution < -0.4 is 0 Å². The topological polar surface area (TPSA) is 0 Å². The molecular weight excluding hydrogens is 192 g/mol. The van der Waals surface area contributed by atoms with Gasteiger partial charge in [0, 0.05) is 11.8 Å². The Labute approximate surface area is 102 Å². The minimum absolute atomic E-state index is 0.342. The van der Waals surface area contributed by atoms with Gasteiger partial charge in [0.2, 0.25) is 0 Å². The molecule has 2 unspecified atom stereocenters. The Morgan fingerprint density at radius 1 is 0.938 bits per heavy atom. The average molecular weight is 217 g/mol. The molecule has 0 fully saturated rings. The van der Waals surface area contributed by atoms with Crippen LogP contribution in [0, 0.1) is 43.4 Å². The van der Waals surface area contributed by atoms with Gasteiger partial charge in [-0.3, -0.25) is 0 Å². The molecule has 1 radical (unpaired) electrons. The van der Waals surface area contributed by atoms with Gasteiger partial charge in [0.15, 0.2) is 0 Å². The molecule has 0 spiro atoms. The van der Waals surface area contributed by atoms with Gasteiger partial charge in [0.1, 0.15) is 0 Å². The highest BCUT2D eigenvalue weighted by molar-refractivity contribution is 4.95. The molecule has 0 rings (SSSR count). The normalized spacial score (nSPS) is 13.8. The average Bonchev–Trinajstić information content (AvgIpc) is 2.32. The van der Waals surface area contributed by atoms with E-state index in [-0.39, 0.29) is 0 Å². The SMILES string of the molecule is C#CC(C[CH2])CCCC(C#C)CCCCC. The molecule has 0 saturated carbocycles. The van der Waals surface area contributed by atoms with Crippen LogP contribution in [0.5, 0.6) is 0 Å². The highest BCUT2D eigenvalue weighted by atomic mass is 14.1. The van der Waals surface area contributed by atoms with Crippen molar-refractivity contribution in [3.8, 4) is 24.7 Å². The summed E-state index contributed by atoms with van der Waals surface area (Å²) in [5.74, 6) is 6.48. The number of hydrogen-bond donors (Lipinski definition) is 0. The molecule has 89 valence electrons. The molecule has 0 heteroatoms. The lowest BCUT2D eigenvalue weighted by Crippen LogP contribution is -2.00. The summed E-state index contributed by atoms with van der Waals surface area (Å²) < 4.78 is 0. The Balaban J connectivity index is 3.64. The summed E-state index contributed by atoms with van der Waals surface area (Å²) in [5.41, 5.74) is 0. The molecule has 0 nitrogen and oxygen atoms in total. The quantitative estimate of drug-likeness (QED) is 0.395. The molecule has 0 aromatic rings. The fourth-order valence-corrected chi connectivity index (χ4v) is 1.87. The van der Waals surface area contributed by atoms with Crippen molar-refractivity contribution in [2.24, 2.45) is 11.8 Å². The first-order valence-electron chi connectivity index (χ1n) is 6.49. The summed E-state index contributed by atoms with van der Waals surface area (Å²) in [6.45, 7) is 6.07. The maximum atomic E-state index is 5.53. The number of terminal acetylenes is 2. The van der Waals surface area contributed by atoms with Crippen LogP contribution in [0.4, 0.5) is 0 Å². The van der Waals surface area contributed by atoms with E-state index in [0.29, 0.717) is 11.8 Å². The lowest BCUT2D eigenvalue weighted by Gasteiger charge is -2.12. The van der Waals surface area contributed by atoms with E-state index in [1.54, 1.807) is 0 Å². The third kappa shape index (κ3) is 7.42. The molecule has 0 aliphatic rings. The zero-order chi connectivity index (χ0) is 12.2. The monoisotopic (exact) mass is 217 g/mol. The number of unbranched alkanes of at least 4 members (excludes halogenated alkanes) is 2. The second kappa shape index (κ2) is 10.6. The van der Waals surface area contributed by atoms with Gasteiger partial charge >= 0.3 is 0 Å². The zero-order valence-electron chi connectivity index (χ0n) is 10.7. The Morgan fingerprint density at radius 2 is 1.50 bits per heavy atom. The summed E-state index contributed by atoms with van der Waals surface area (Å²) in [6, 6.07) is 0. The zero-order valence-corrected chi connectivity index (χ0v) is 10.7. The van der Waals surface area contributed by atoms with Crippen LogP contribution in [0.15, 0.2) is 0 Å². The van der Waals surface area contributed by atoms with Crippen LogP contribution in [-0.4, -0.2) is 0 Å². The minimum atomic E-state index is 0.342. The van der Waals surface area contributed by atoms with Gasteiger partial charge in [-0.15, -0.1) is 24.7 Å². The van der Waals surface area contributed by atoms with E-state index in [1.807, 2.05) is 0 Å². The third-order valence-electron chi connectivity index (χ3n) is 3.08. The van der Waals surface area contributed by atoms with Crippen molar-refractivity contribution in [3.05, 3.63) is 6.92 Å². The van der Waals surface area contributed by atoms with Crippen molar-refractivity contribution in [2.45, 2.75) is 58.3 Å². The van der Waals surface area contributed by atoms with Crippen molar-refractivity contribution < 1.29 is 0 Å². The van der Waals surface area contributed by atoms with Gasteiger partial charge in [0.05, 0.1) is 0 Å². The van der Waals surface area contributed by atoms with Crippen LogP contribution in [0.1, 0.15) is 58.3 Å². The molecule has 0 aliphatic carbocycles. The summed E-state index contributed by atoms with van der Waals surface area (Å²) in [6.07, 6.45) is 20.1. The van der Waals surface area contributed by atoms with Crippen LogP contribution in [-0.2, 0) is 0 Å². The molecule has 0 aromatic heterocycles. The standard InChI is InChI=1S/C16H25/c1-5-9-10-12-16(8-4)14-11-13-15(6-2)7-3/h2,4,15-16H,3,5,7,9-14H2,1H3. The molecule has 2 atom stereocenters. The van der Waals surface area contributed by atoms with Crippen molar-refractivity contribution in [1.82, 2.24) is 0 Å². The van der Waals surface area contributed by atoms with Crippen LogP contribution in [0.2, 0.25) is 0 Å². The predicted octanol–water partition coefficient (Wildman–Crippen LogP) is 4.46. The second-order valence-corrected chi connectivity index (χ2v) is 4.44. The number of hydrogen-bond acceptors (Lipinski definition) is 0. The van der Waals surface area contributed by atoms with E-state index in [9.17, 15) is 0 Å². The van der Waals surface area contributed by atoms with E-state index >= 15 is 0 Å². The molecule has 0 amide bonds. The molecule has 0 aromatic carbocycles. The molecule has 0 heterocycles. The predicted molar refractivity (Wildman–Crippen MR) is 72.6 cm³/mol. The molecular formula is C16H25. The first-order chi connectivity index (χ1) is 7.78. The van der Waals surface area contributed by atoms with Gasteiger partial charge in [-0.25, -0.2) is 0 Å². The summed E-state index contributed by atoms with van der Waals surface area (Å²) in [7, 11) is 0. The summed E-state index contributed by atoms with van der Waals surface area (Å²) in [5, 5.41) is 0. The van der Waals surface area contributed by atoms with Crippen molar-refractivity contribution in [3.63, 3.8) is 0 Å². The van der Waals surface area contributed by atoms with Gasteiger partial charge in [-0.05, 0) is 25.7 Å². The third-order valence-corrected chi connectivity index (χ3v) is 3.08. The van der Waals surface area contributed by atoms with Crippen molar-refractivity contribution in [1.29, 1.82) is 0 Å². The smallest absolute Gasteiger partial charge is 0.0200 e. The molecule has 16 heavy (non-hydrogen) atoms. The molecule has 0 bridgehead atoms. The minimum Gasteiger partial charge on any atom is -0.120 e. The highest BCUT2D eigenvalue weighted by Crippen LogP contribution is 2.19. The van der Waals surface area contributed by atoms with E-state index in [4.69, 9.17) is 12.8 Å². The van der Waals surface area contributed by atoms with E-state index < -0.39 is 0 Å². The number of rotatable bonds is 9. The molecule has 0 N–H and O–H groups in total. The van der Waals surface area contributed by atoms with Gasteiger partial charge < -0.3 is 0 Å². The van der Waals surface area contributed by atoms with Crippen molar-refractivity contribution in [2.75, 3.05) is 0 Å². The maximum absolute atomic E-state index is 5.53.